The van der Waals surface area contributed by atoms with E-state index in [0.717, 1.165) is 11.3 Å². The van der Waals surface area contributed by atoms with Crippen molar-refractivity contribution in [1.29, 1.82) is 0 Å². The van der Waals surface area contributed by atoms with Crippen molar-refractivity contribution >= 4 is 5.91 Å². The molecule has 1 N–H and O–H groups in total. The molecule has 0 unspecified atom stereocenters. The number of amides is 1. The van der Waals surface area contributed by atoms with E-state index in [0.29, 0.717) is 19.0 Å². The third-order valence-electron chi connectivity index (χ3n) is 2.28. The summed E-state index contributed by atoms with van der Waals surface area (Å²) >= 11 is 0. The van der Waals surface area contributed by atoms with Crippen molar-refractivity contribution in [2.45, 2.75) is 32.9 Å². The Kier molecular flexibility index (Phi) is 1.83. The molecule has 1 aliphatic heterocycles. The average Bonchev–Trinajstić information content (AvgIpc) is 2.46. The highest BCUT2D eigenvalue weighted by Gasteiger charge is 2.20. The first-order valence-corrected chi connectivity index (χ1v) is 4.50. The fourth-order valence-corrected chi connectivity index (χ4v) is 1.63. The van der Waals surface area contributed by atoms with E-state index in [2.05, 4.69) is 24.3 Å². The van der Waals surface area contributed by atoms with Crippen LogP contribution in [0.3, 0.4) is 0 Å². The molecule has 1 amide bonds. The van der Waals surface area contributed by atoms with Gasteiger partial charge in [-0.2, -0.15) is 5.10 Å². The summed E-state index contributed by atoms with van der Waals surface area (Å²) in [7, 11) is 0. The van der Waals surface area contributed by atoms with Crippen LogP contribution in [0.25, 0.3) is 0 Å². The second-order valence-corrected chi connectivity index (χ2v) is 3.61. The van der Waals surface area contributed by atoms with Crippen molar-refractivity contribution in [2.75, 3.05) is 0 Å². The third kappa shape index (κ3) is 1.32. The van der Waals surface area contributed by atoms with Gasteiger partial charge in [0.25, 0.3) is 0 Å². The Labute approximate surface area is 76.9 Å². The van der Waals surface area contributed by atoms with Gasteiger partial charge in [-0.1, -0.05) is 0 Å². The van der Waals surface area contributed by atoms with Crippen LogP contribution < -0.4 is 5.32 Å². The van der Waals surface area contributed by atoms with Gasteiger partial charge in [0.1, 0.15) is 0 Å². The second kappa shape index (κ2) is 2.87. The molecule has 0 atom stereocenters. The maximum absolute atomic E-state index is 11.1. The zero-order valence-electron chi connectivity index (χ0n) is 7.87. The van der Waals surface area contributed by atoms with Gasteiger partial charge in [-0.15, -0.1) is 0 Å². The van der Waals surface area contributed by atoms with Crippen molar-refractivity contribution in [3.05, 3.63) is 17.5 Å². The molecule has 0 radical (unpaired) electrons. The first-order valence-electron chi connectivity index (χ1n) is 4.50. The summed E-state index contributed by atoms with van der Waals surface area (Å²) in [5.74, 6) is 0.0933. The molecule has 4 nitrogen and oxygen atoms in total. The molecule has 0 fully saturated rings. The van der Waals surface area contributed by atoms with Crippen molar-refractivity contribution < 1.29 is 4.79 Å². The Morgan fingerprint density at radius 3 is 3.08 bits per heavy atom. The highest BCUT2D eigenvalue weighted by molar-refractivity contribution is 5.80. The Hall–Kier alpha value is -1.32. The van der Waals surface area contributed by atoms with Crippen LogP contribution in [0.1, 0.15) is 31.1 Å². The average molecular weight is 179 g/mol. The maximum atomic E-state index is 11.1. The number of carbonyl (C=O) groups is 1. The van der Waals surface area contributed by atoms with Crippen LogP contribution >= 0.6 is 0 Å². The highest BCUT2D eigenvalue weighted by atomic mass is 16.1. The molecule has 0 aromatic carbocycles. The van der Waals surface area contributed by atoms with Crippen molar-refractivity contribution in [1.82, 2.24) is 15.1 Å². The molecule has 2 heterocycles. The van der Waals surface area contributed by atoms with Gasteiger partial charge in [0.15, 0.2) is 0 Å². The third-order valence-corrected chi connectivity index (χ3v) is 2.28. The molecule has 13 heavy (non-hydrogen) atoms. The fraction of sp³-hybridized carbons (Fsp3) is 0.556. The van der Waals surface area contributed by atoms with Gasteiger partial charge in [-0.3, -0.25) is 9.48 Å². The van der Waals surface area contributed by atoms with Crippen molar-refractivity contribution in [3.63, 3.8) is 0 Å². The quantitative estimate of drug-likeness (QED) is 0.687. The molecule has 0 saturated carbocycles. The van der Waals surface area contributed by atoms with Gasteiger partial charge in [0.05, 0.1) is 24.9 Å². The number of hydrogen-bond acceptors (Lipinski definition) is 2. The summed E-state index contributed by atoms with van der Waals surface area (Å²) in [6.45, 7) is 4.79. The lowest BCUT2D eigenvalue weighted by molar-refractivity contribution is -0.121. The number of aromatic nitrogens is 2. The lowest BCUT2D eigenvalue weighted by Gasteiger charge is -2.16. The minimum atomic E-state index is 0.0933. The van der Waals surface area contributed by atoms with Crippen LogP contribution in [-0.4, -0.2) is 15.7 Å². The molecule has 1 aromatic heterocycles. The van der Waals surface area contributed by atoms with Crippen molar-refractivity contribution in [2.24, 2.45) is 0 Å². The summed E-state index contributed by atoms with van der Waals surface area (Å²) < 4.78 is 1.97. The standard InChI is InChI=1S/C9H13N3O/c1-6(2)12-8-5-10-9(13)3-7(8)4-11-12/h4,6H,3,5H2,1-2H3,(H,10,13). The number of nitrogens with one attached hydrogen (secondary N) is 1. The van der Waals surface area contributed by atoms with Gasteiger partial charge in [-0.25, -0.2) is 0 Å². The number of rotatable bonds is 1. The van der Waals surface area contributed by atoms with Crippen LogP contribution in [0.2, 0.25) is 0 Å². The smallest absolute Gasteiger partial charge is 0.224 e. The monoisotopic (exact) mass is 179 g/mol. The first-order chi connectivity index (χ1) is 6.18. The first kappa shape index (κ1) is 8.29. The number of nitrogens with zero attached hydrogens (tertiary/aromatic N) is 2. The second-order valence-electron chi connectivity index (χ2n) is 3.61. The molecule has 70 valence electrons. The Morgan fingerprint density at radius 2 is 2.38 bits per heavy atom. The van der Waals surface area contributed by atoms with E-state index in [1.807, 2.05) is 4.68 Å². The summed E-state index contributed by atoms with van der Waals surface area (Å²) in [6, 6.07) is 0.360. The highest BCUT2D eigenvalue weighted by Crippen LogP contribution is 2.17. The van der Waals surface area contributed by atoms with E-state index in [4.69, 9.17) is 0 Å². The molecule has 0 spiro atoms. The summed E-state index contributed by atoms with van der Waals surface area (Å²) in [6.07, 6.45) is 2.27. The van der Waals surface area contributed by atoms with E-state index >= 15 is 0 Å². The molecular weight excluding hydrogens is 166 g/mol. The van der Waals surface area contributed by atoms with Gasteiger partial charge < -0.3 is 5.32 Å². The van der Waals surface area contributed by atoms with Crippen LogP contribution in [0, 0.1) is 0 Å². The van der Waals surface area contributed by atoms with Gasteiger partial charge in [0, 0.05) is 11.6 Å². The minimum absolute atomic E-state index is 0.0933. The molecule has 0 aliphatic carbocycles. The Morgan fingerprint density at radius 1 is 1.62 bits per heavy atom. The Bertz CT molecular complexity index is 341. The predicted octanol–water partition coefficient (Wildman–Crippen LogP) is 0.636. The lowest BCUT2D eigenvalue weighted by atomic mass is 10.1. The summed E-state index contributed by atoms with van der Waals surface area (Å²) in [4.78, 5) is 11.1. The zero-order chi connectivity index (χ0) is 9.42. The normalized spacial score (nSPS) is 15.8. The molecule has 2 rings (SSSR count). The largest absolute Gasteiger partial charge is 0.350 e. The van der Waals surface area contributed by atoms with Crippen LogP contribution in [0.15, 0.2) is 6.20 Å². The zero-order valence-corrected chi connectivity index (χ0v) is 7.87. The molecule has 0 bridgehead atoms. The van der Waals surface area contributed by atoms with Crippen LogP contribution in [0.4, 0.5) is 0 Å². The molecule has 4 heteroatoms. The topological polar surface area (TPSA) is 46.9 Å². The summed E-state index contributed by atoms with van der Waals surface area (Å²) in [5, 5.41) is 7.08. The lowest BCUT2D eigenvalue weighted by Crippen LogP contribution is -2.31. The van der Waals surface area contributed by atoms with E-state index in [9.17, 15) is 4.79 Å². The maximum Gasteiger partial charge on any atom is 0.224 e. The number of hydrogen-bond donors (Lipinski definition) is 1. The molecule has 1 aromatic rings. The van der Waals surface area contributed by atoms with Crippen molar-refractivity contribution in [3.8, 4) is 0 Å². The predicted molar refractivity (Wildman–Crippen MR) is 48.2 cm³/mol. The number of carbonyl (C=O) groups excluding carboxylic acids is 1. The fourth-order valence-electron chi connectivity index (χ4n) is 1.63. The van der Waals surface area contributed by atoms with Gasteiger partial charge >= 0.3 is 0 Å². The van der Waals surface area contributed by atoms with E-state index in [1.165, 1.54) is 0 Å². The van der Waals surface area contributed by atoms with E-state index < -0.39 is 0 Å². The minimum Gasteiger partial charge on any atom is -0.350 e. The summed E-state index contributed by atoms with van der Waals surface area (Å²) in [5.41, 5.74) is 2.21. The van der Waals surface area contributed by atoms with E-state index in [1.54, 1.807) is 6.20 Å². The van der Waals surface area contributed by atoms with Gasteiger partial charge in [0.2, 0.25) is 5.91 Å². The Balaban J connectivity index is 2.38. The molecule has 1 aliphatic rings. The van der Waals surface area contributed by atoms with E-state index in [-0.39, 0.29) is 5.91 Å². The molecular formula is C9H13N3O. The van der Waals surface area contributed by atoms with Gasteiger partial charge in [-0.05, 0) is 13.8 Å². The van der Waals surface area contributed by atoms with Crippen LogP contribution in [0.5, 0.6) is 0 Å². The van der Waals surface area contributed by atoms with Crippen LogP contribution in [-0.2, 0) is 17.8 Å². The number of fused-ring (bicyclic) bond motifs is 1. The SMILES string of the molecule is CC(C)n1ncc2c1CNC(=O)C2. The molecule has 0 saturated heterocycles.